The third-order valence-corrected chi connectivity index (χ3v) is 2.88. The van der Waals surface area contributed by atoms with Crippen molar-refractivity contribution in [2.45, 2.75) is 6.18 Å². The van der Waals surface area contributed by atoms with Crippen LogP contribution in [-0.4, -0.2) is 10.8 Å². The minimum absolute atomic E-state index is 0.184. The molecule has 0 amide bonds. The summed E-state index contributed by atoms with van der Waals surface area (Å²) in [6, 6.07) is 6.23. The van der Waals surface area contributed by atoms with Gasteiger partial charge in [-0.15, -0.1) is 0 Å². The summed E-state index contributed by atoms with van der Waals surface area (Å²) in [5, 5.41) is -0.594. The number of ketones is 1. The fraction of sp³-hybridized carbons (Fsp3) is 0.0769. The van der Waals surface area contributed by atoms with E-state index >= 15 is 0 Å². The Bertz CT molecular complexity index is 611. The van der Waals surface area contributed by atoms with E-state index in [1.165, 1.54) is 30.6 Å². The van der Waals surface area contributed by atoms with Gasteiger partial charge in [-0.05, 0) is 24.3 Å². The Balaban J connectivity index is 2.50. The monoisotopic (exact) mass is 285 g/mol. The molecule has 98 valence electrons. The van der Waals surface area contributed by atoms with Gasteiger partial charge >= 0.3 is 6.18 Å². The predicted octanol–water partition coefficient (Wildman–Crippen LogP) is 3.98. The first-order chi connectivity index (χ1) is 8.91. The van der Waals surface area contributed by atoms with Gasteiger partial charge in [0.05, 0.1) is 10.6 Å². The molecule has 2 nitrogen and oxygen atoms in total. The molecule has 0 aliphatic rings. The fourth-order valence-corrected chi connectivity index (χ4v) is 1.90. The molecule has 1 aromatic heterocycles. The highest BCUT2D eigenvalue weighted by atomic mass is 35.5. The van der Waals surface area contributed by atoms with E-state index in [-0.39, 0.29) is 11.1 Å². The van der Waals surface area contributed by atoms with Crippen LogP contribution < -0.4 is 0 Å². The number of carbonyl (C=O) groups is 1. The highest BCUT2D eigenvalue weighted by molar-refractivity contribution is 6.35. The lowest BCUT2D eigenvalue weighted by Crippen LogP contribution is -2.10. The van der Waals surface area contributed by atoms with Crippen LogP contribution in [0.2, 0.25) is 5.02 Å². The first-order valence-electron chi connectivity index (χ1n) is 5.21. The molecule has 0 radical (unpaired) electrons. The highest BCUT2D eigenvalue weighted by Crippen LogP contribution is 2.36. The van der Waals surface area contributed by atoms with Gasteiger partial charge in [0.25, 0.3) is 0 Å². The number of benzene rings is 1. The van der Waals surface area contributed by atoms with Gasteiger partial charge in [-0.3, -0.25) is 9.78 Å². The van der Waals surface area contributed by atoms with E-state index in [0.29, 0.717) is 0 Å². The molecule has 0 aliphatic carbocycles. The van der Waals surface area contributed by atoms with Crippen LogP contribution in [0.25, 0.3) is 0 Å². The van der Waals surface area contributed by atoms with Crippen molar-refractivity contribution in [2.24, 2.45) is 0 Å². The summed E-state index contributed by atoms with van der Waals surface area (Å²) in [5.41, 5.74) is -1.03. The van der Waals surface area contributed by atoms with Gasteiger partial charge in [0.1, 0.15) is 0 Å². The molecule has 0 atom stereocenters. The van der Waals surface area contributed by atoms with E-state index in [1.807, 2.05) is 0 Å². The standard InChI is InChI=1S/C13H7ClF3NO/c14-11-9(4-1-5-10(11)13(15,16)17)12(19)8-3-2-6-18-7-8/h1-7H. The van der Waals surface area contributed by atoms with Gasteiger partial charge in [0, 0.05) is 23.5 Å². The number of hydrogen-bond donors (Lipinski definition) is 0. The number of alkyl halides is 3. The van der Waals surface area contributed by atoms with Crippen molar-refractivity contribution in [2.75, 3.05) is 0 Å². The lowest BCUT2D eigenvalue weighted by Gasteiger charge is -2.11. The Labute approximate surface area is 111 Å². The maximum atomic E-state index is 12.7. The second-order valence-electron chi connectivity index (χ2n) is 3.74. The molecule has 1 aromatic carbocycles. The summed E-state index contributed by atoms with van der Waals surface area (Å²) >= 11 is 5.68. The zero-order valence-corrected chi connectivity index (χ0v) is 10.2. The Morgan fingerprint density at radius 2 is 1.89 bits per heavy atom. The molecule has 6 heteroatoms. The van der Waals surface area contributed by atoms with Crippen molar-refractivity contribution >= 4 is 17.4 Å². The van der Waals surface area contributed by atoms with E-state index < -0.39 is 22.5 Å². The minimum atomic E-state index is -4.59. The lowest BCUT2D eigenvalue weighted by atomic mass is 10.0. The Morgan fingerprint density at radius 1 is 1.16 bits per heavy atom. The molecule has 2 aromatic rings. The predicted molar refractivity (Wildman–Crippen MR) is 64.1 cm³/mol. The molecule has 0 saturated carbocycles. The Morgan fingerprint density at radius 3 is 2.47 bits per heavy atom. The Kier molecular flexibility index (Phi) is 3.57. The van der Waals surface area contributed by atoms with Crippen molar-refractivity contribution in [3.8, 4) is 0 Å². The van der Waals surface area contributed by atoms with Crippen LogP contribution in [0.4, 0.5) is 13.2 Å². The number of nitrogens with zero attached hydrogens (tertiary/aromatic N) is 1. The number of hydrogen-bond acceptors (Lipinski definition) is 2. The van der Waals surface area contributed by atoms with Crippen molar-refractivity contribution in [3.63, 3.8) is 0 Å². The van der Waals surface area contributed by atoms with Gasteiger partial charge in [-0.2, -0.15) is 13.2 Å². The van der Waals surface area contributed by atoms with Gasteiger partial charge in [-0.1, -0.05) is 17.7 Å². The summed E-state index contributed by atoms with van der Waals surface area (Å²) in [5.74, 6) is -0.593. The maximum absolute atomic E-state index is 12.7. The van der Waals surface area contributed by atoms with Crippen LogP contribution in [0.3, 0.4) is 0 Å². The largest absolute Gasteiger partial charge is 0.417 e. The summed E-state index contributed by atoms with van der Waals surface area (Å²) in [6.07, 6.45) is -1.86. The summed E-state index contributed by atoms with van der Waals surface area (Å²) < 4.78 is 38.1. The summed E-state index contributed by atoms with van der Waals surface area (Å²) in [6.45, 7) is 0. The molecule has 0 aliphatic heterocycles. The molecule has 0 spiro atoms. The van der Waals surface area contributed by atoms with E-state index in [4.69, 9.17) is 11.6 Å². The minimum Gasteiger partial charge on any atom is -0.288 e. The normalized spacial score (nSPS) is 11.4. The van der Waals surface area contributed by atoms with Crippen LogP contribution in [0.1, 0.15) is 21.5 Å². The van der Waals surface area contributed by atoms with E-state index in [1.54, 1.807) is 0 Å². The second-order valence-corrected chi connectivity index (χ2v) is 4.11. The average Bonchev–Trinajstić information content (AvgIpc) is 2.38. The van der Waals surface area contributed by atoms with Gasteiger partial charge in [0.2, 0.25) is 0 Å². The van der Waals surface area contributed by atoms with E-state index in [9.17, 15) is 18.0 Å². The van der Waals surface area contributed by atoms with Crippen molar-refractivity contribution in [1.82, 2.24) is 4.98 Å². The van der Waals surface area contributed by atoms with E-state index in [0.717, 1.165) is 12.1 Å². The van der Waals surface area contributed by atoms with Gasteiger partial charge in [0.15, 0.2) is 5.78 Å². The molecule has 1 heterocycles. The Hall–Kier alpha value is -1.88. The molecule has 0 fully saturated rings. The zero-order chi connectivity index (χ0) is 14.0. The highest BCUT2D eigenvalue weighted by Gasteiger charge is 2.34. The third kappa shape index (κ3) is 2.76. The molecule has 2 rings (SSSR count). The second kappa shape index (κ2) is 5.01. The first kappa shape index (κ1) is 13.5. The molecular weight excluding hydrogens is 279 g/mol. The van der Waals surface area contributed by atoms with Crippen LogP contribution in [0.5, 0.6) is 0 Å². The molecule has 0 N–H and O–H groups in total. The number of carbonyl (C=O) groups excluding carboxylic acids is 1. The molecule has 0 saturated heterocycles. The van der Waals surface area contributed by atoms with Crippen LogP contribution >= 0.6 is 11.6 Å². The average molecular weight is 286 g/mol. The molecule has 19 heavy (non-hydrogen) atoms. The van der Waals surface area contributed by atoms with Crippen LogP contribution in [-0.2, 0) is 6.18 Å². The number of pyridine rings is 1. The third-order valence-electron chi connectivity index (χ3n) is 2.47. The van der Waals surface area contributed by atoms with Crippen molar-refractivity contribution in [1.29, 1.82) is 0 Å². The van der Waals surface area contributed by atoms with Gasteiger partial charge < -0.3 is 0 Å². The quantitative estimate of drug-likeness (QED) is 0.781. The van der Waals surface area contributed by atoms with Crippen LogP contribution in [0, 0.1) is 0 Å². The topological polar surface area (TPSA) is 30.0 Å². The van der Waals surface area contributed by atoms with Crippen molar-refractivity contribution < 1.29 is 18.0 Å². The fourth-order valence-electron chi connectivity index (χ4n) is 1.58. The number of aromatic nitrogens is 1. The van der Waals surface area contributed by atoms with Gasteiger partial charge in [-0.25, -0.2) is 0 Å². The number of rotatable bonds is 2. The van der Waals surface area contributed by atoms with Crippen LogP contribution in [0.15, 0.2) is 42.7 Å². The lowest BCUT2D eigenvalue weighted by molar-refractivity contribution is -0.137. The van der Waals surface area contributed by atoms with Crippen molar-refractivity contribution in [3.05, 3.63) is 64.4 Å². The smallest absolute Gasteiger partial charge is 0.288 e. The molecule has 0 bridgehead atoms. The van der Waals surface area contributed by atoms with E-state index in [2.05, 4.69) is 4.98 Å². The SMILES string of the molecule is O=C(c1cccnc1)c1cccc(C(F)(F)F)c1Cl. The first-order valence-corrected chi connectivity index (χ1v) is 5.59. The molecular formula is C13H7ClF3NO. The zero-order valence-electron chi connectivity index (χ0n) is 9.41. The number of halogens is 4. The maximum Gasteiger partial charge on any atom is 0.417 e. The molecule has 0 unspecified atom stereocenters. The summed E-state index contributed by atoms with van der Waals surface area (Å²) in [7, 11) is 0. The summed E-state index contributed by atoms with van der Waals surface area (Å²) in [4.78, 5) is 15.8.